The molecule has 1 fully saturated rings. The number of piperidine rings is 1. The largest absolute Gasteiger partial charge is 0.463 e. The lowest BCUT2D eigenvalue weighted by Crippen LogP contribution is -2.56. The zero-order chi connectivity index (χ0) is 30.7. The molecule has 0 aliphatic carbocycles. The van der Waals surface area contributed by atoms with E-state index in [2.05, 4.69) is 10.6 Å². The van der Waals surface area contributed by atoms with Gasteiger partial charge in [0, 0.05) is 17.9 Å². The van der Waals surface area contributed by atoms with Crippen molar-refractivity contribution in [3.8, 4) is 0 Å². The molecule has 0 saturated carbocycles. The summed E-state index contributed by atoms with van der Waals surface area (Å²) in [5.41, 5.74) is 1.53. The minimum absolute atomic E-state index is 0.0339. The SMILES string of the molecule is CC(=O)C(CC(C)C(=O)OC(C)C)c1ccccc1.C[C@H]1NC(=O)C(NC(=O)OC(C)(C)C)C[C@H]1c1ccccc1. The molecule has 2 aromatic carbocycles. The number of rotatable bonds is 8. The van der Waals surface area contributed by atoms with Gasteiger partial charge in [0.1, 0.15) is 17.4 Å². The Bertz CT molecular complexity index is 1140. The Morgan fingerprint density at radius 2 is 1.54 bits per heavy atom. The van der Waals surface area contributed by atoms with Crippen LogP contribution in [0.1, 0.15) is 91.2 Å². The van der Waals surface area contributed by atoms with E-state index in [1.54, 1.807) is 27.7 Å². The molecule has 2 amide bonds. The molecule has 0 radical (unpaired) electrons. The zero-order valence-corrected chi connectivity index (χ0v) is 25.6. The van der Waals surface area contributed by atoms with Gasteiger partial charge in [0.15, 0.2) is 0 Å². The van der Waals surface area contributed by atoms with Crippen LogP contribution in [-0.2, 0) is 23.9 Å². The summed E-state index contributed by atoms with van der Waals surface area (Å²) in [5.74, 6) is -0.677. The molecule has 3 rings (SSSR count). The summed E-state index contributed by atoms with van der Waals surface area (Å²) in [7, 11) is 0. The number of carbonyl (C=O) groups excluding carboxylic acids is 4. The van der Waals surface area contributed by atoms with Crippen molar-refractivity contribution in [2.45, 2.75) is 104 Å². The molecule has 2 N–H and O–H groups in total. The van der Waals surface area contributed by atoms with Crippen molar-refractivity contribution in [2.75, 3.05) is 0 Å². The topological polar surface area (TPSA) is 111 Å². The zero-order valence-electron chi connectivity index (χ0n) is 25.6. The molecule has 5 atom stereocenters. The number of alkyl carbamates (subject to hydrolysis) is 1. The number of Topliss-reactive ketones (excluding diaryl/α,β-unsaturated/α-hetero) is 1. The van der Waals surface area contributed by atoms with E-state index in [4.69, 9.17) is 9.47 Å². The Morgan fingerprint density at radius 1 is 0.976 bits per heavy atom. The number of hydrogen-bond acceptors (Lipinski definition) is 6. The first-order valence-electron chi connectivity index (χ1n) is 14.3. The van der Waals surface area contributed by atoms with Crippen LogP contribution in [0.2, 0.25) is 0 Å². The Morgan fingerprint density at radius 3 is 2.05 bits per heavy atom. The summed E-state index contributed by atoms with van der Waals surface area (Å²) < 4.78 is 10.4. The van der Waals surface area contributed by atoms with Crippen LogP contribution < -0.4 is 10.6 Å². The smallest absolute Gasteiger partial charge is 0.408 e. The van der Waals surface area contributed by atoms with Gasteiger partial charge in [-0.15, -0.1) is 0 Å². The second-order valence-corrected chi connectivity index (χ2v) is 11.9. The van der Waals surface area contributed by atoms with Crippen LogP contribution in [0.25, 0.3) is 0 Å². The third-order valence-corrected chi connectivity index (χ3v) is 6.73. The molecule has 0 aromatic heterocycles. The molecule has 41 heavy (non-hydrogen) atoms. The molecule has 1 aliphatic rings. The van der Waals surface area contributed by atoms with Crippen LogP contribution in [0.15, 0.2) is 60.7 Å². The van der Waals surface area contributed by atoms with Crippen molar-refractivity contribution in [2.24, 2.45) is 5.92 Å². The summed E-state index contributed by atoms with van der Waals surface area (Å²) >= 11 is 0. The maximum atomic E-state index is 12.1. The van der Waals surface area contributed by atoms with Gasteiger partial charge in [0.2, 0.25) is 5.91 Å². The number of hydrogen-bond donors (Lipinski definition) is 2. The lowest BCUT2D eigenvalue weighted by molar-refractivity contribution is -0.152. The van der Waals surface area contributed by atoms with E-state index in [9.17, 15) is 19.2 Å². The van der Waals surface area contributed by atoms with Crippen LogP contribution in [-0.4, -0.2) is 47.5 Å². The quantitative estimate of drug-likeness (QED) is 0.385. The summed E-state index contributed by atoms with van der Waals surface area (Å²) in [5, 5.41) is 5.61. The molecule has 1 aliphatic heterocycles. The monoisotopic (exact) mass is 566 g/mol. The number of benzene rings is 2. The molecule has 2 aromatic rings. The Balaban J connectivity index is 0.000000290. The summed E-state index contributed by atoms with van der Waals surface area (Å²) in [6.45, 7) is 14.4. The highest BCUT2D eigenvalue weighted by atomic mass is 16.6. The number of amides is 2. The van der Waals surface area contributed by atoms with Crippen molar-refractivity contribution in [3.63, 3.8) is 0 Å². The first-order chi connectivity index (χ1) is 19.2. The fraction of sp³-hybridized carbons (Fsp3) is 0.515. The van der Waals surface area contributed by atoms with Gasteiger partial charge in [0.25, 0.3) is 0 Å². The fourth-order valence-electron chi connectivity index (χ4n) is 4.71. The second kappa shape index (κ2) is 15.4. The van der Waals surface area contributed by atoms with Gasteiger partial charge < -0.3 is 20.1 Å². The maximum Gasteiger partial charge on any atom is 0.408 e. The Hall–Kier alpha value is -3.68. The van der Waals surface area contributed by atoms with Gasteiger partial charge in [-0.3, -0.25) is 14.4 Å². The molecule has 0 spiro atoms. The molecular weight excluding hydrogens is 520 g/mol. The summed E-state index contributed by atoms with van der Waals surface area (Å²) in [6.07, 6.45) is 0.373. The average molecular weight is 567 g/mol. The van der Waals surface area contributed by atoms with E-state index >= 15 is 0 Å². The minimum atomic E-state index is -0.582. The van der Waals surface area contributed by atoms with Gasteiger partial charge in [-0.1, -0.05) is 67.6 Å². The van der Waals surface area contributed by atoms with Gasteiger partial charge in [0.05, 0.1) is 12.0 Å². The van der Waals surface area contributed by atoms with Crippen LogP contribution in [0.3, 0.4) is 0 Å². The van der Waals surface area contributed by atoms with Crippen LogP contribution >= 0.6 is 0 Å². The molecule has 1 heterocycles. The van der Waals surface area contributed by atoms with Crippen LogP contribution in [0.4, 0.5) is 4.79 Å². The molecule has 8 heteroatoms. The van der Waals surface area contributed by atoms with E-state index in [-0.39, 0.29) is 47.6 Å². The van der Waals surface area contributed by atoms with Crippen molar-refractivity contribution in [1.82, 2.24) is 10.6 Å². The molecule has 8 nitrogen and oxygen atoms in total. The lowest BCUT2D eigenvalue weighted by atomic mass is 9.83. The highest BCUT2D eigenvalue weighted by Gasteiger charge is 2.35. The van der Waals surface area contributed by atoms with Gasteiger partial charge >= 0.3 is 12.1 Å². The van der Waals surface area contributed by atoms with E-state index in [0.717, 1.165) is 11.1 Å². The highest BCUT2D eigenvalue weighted by molar-refractivity contribution is 5.87. The van der Waals surface area contributed by atoms with E-state index in [1.807, 2.05) is 88.4 Å². The number of carbonyl (C=O) groups is 4. The first kappa shape index (κ1) is 33.5. The predicted molar refractivity (Wildman–Crippen MR) is 159 cm³/mol. The normalized spacial score (nSPS) is 20.0. The number of esters is 1. The standard InChI is InChI=1S/C17H24N2O3.C16H22O3/c1-11-13(12-8-6-5-7-9-12)10-14(15(20)18-11)19-16(21)22-17(2,3)4;1-11(2)19-16(18)12(3)10-15(13(4)17)14-8-6-5-7-9-14/h5-9,11,13-14H,10H2,1-4H3,(H,18,20)(H,19,21);5-9,11-12,15H,10H2,1-4H3/t11-,13-,14?;/m1./s1. The van der Waals surface area contributed by atoms with Crippen LogP contribution in [0, 0.1) is 5.92 Å². The Kier molecular flexibility index (Phi) is 12.6. The van der Waals surface area contributed by atoms with Crippen molar-refractivity contribution in [3.05, 3.63) is 71.8 Å². The summed E-state index contributed by atoms with van der Waals surface area (Å²) in [6, 6.07) is 19.0. The fourth-order valence-corrected chi connectivity index (χ4v) is 4.71. The highest BCUT2D eigenvalue weighted by Crippen LogP contribution is 2.29. The lowest BCUT2D eigenvalue weighted by Gasteiger charge is -2.35. The average Bonchev–Trinajstić information content (AvgIpc) is 2.88. The third-order valence-electron chi connectivity index (χ3n) is 6.73. The number of nitrogens with one attached hydrogen (secondary N) is 2. The molecule has 3 unspecified atom stereocenters. The molecule has 1 saturated heterocycles. The van der Waals surface area contributed by atoms with E-state index < -0.39 is 17.7 Å². The van der Waals surface area contributed by atoms with Gasteiger partial charge in [-0.05, 0) is 72.4 Å². The molecule has 0 bridgehead atoms. The Labute approximate surface area is 244 Å². The van der Waals surface area contributed by atoms with Crippen molar-refractivity contribution >= 4 is 23.8 Å². The van der Waals surface area contributed by atoms with E-state index in [1.165, 1.54) is 0 Å². The van der Waals surface area contributed by atoms with Crippen molar-refractivity contribution in [1.29, 1.82) is 0 Å². The summed E-state index contributed by atoms with van der Waals surface area (Å²) in [4.78, 5) is 47.6. The maximum absolute atomic E-state index is 12.1. The van der Waals surface area contributed by atoms with Gasteiger partial charge in [-0.2, -0.15) is 0 Å². The molecular formula is C33H46N2O6. The second-order valence-electron chi connectivity index (χ2n) is 11.9. The third kappa shape index (κ3) is 11.4. The van der Waals surface area contributed by atoms with E-state index in [0.29, 0.717) is 12.8 Å². The first-order valence-corrected chi connectivity index (χ1v) is 14.3. The minimum Gasteiger partial charge on any atom is -0.463 e. The molecule has 224 valence electrons. The van der Waals surface area contributed by atoms with Gasteiger partial charge in [-0.25, -0.2) is 4.79 Å². The number of ketones is 1. The van der Waals surface area contributed by atoms with Crippen molar-refractivity contribution < 1.29 is 28.7 Å². The predicted octanol–water partition coefficient (Wildman–Crippen LogP) is 5.91. The number of ether oxygens (including phenoxy) is 2. The van der Waals surface area contributed by atoms with Crippen LogP contribution in [0.5, 0.6) is 0 Å².